The Morgan fingerprint density at radius 3 is 1.30 bits per heavy atom. The summed E-state index contributed by atoms with van der Waals surface area (Å²) < 4.78 is 0. The van der Waals surface area contributed by atoms with Crippen LogP contribution in [-0.2, 0) is 0 Å². The van der Waals surface area contributed by atoms with E-state index < -0.39 is 0 Å². The molecule has 4 aromatic rings. The van der Waals surface area contributed by atoms with Crippen molar-refractivity contribution in [3.63, 3.8) is 0 Å². The van der Waals surface area contributed by atoms with Crippen LogP contribution in [0.15, 0.2) is 60.7 Å². The standard InChI is InChI=1S/C34H34N6O4/c35-23-17-21-5-1-7-25-29(21)27(19-23)33(43)39(31(25)41)11-3-9-37-13-15-38(16-14-37)10-4-12-40-32(42)26-8-2-6-22-18-24(36)20-28(30(22)26)34(40)44/h1-2,5-8,17-20H,3-4,9-16,35-36H2. The Kier molecular flexibility index (Phi) is 7.02. The average Bonchev–Trinajstić information content (AvgIpc) is 3.02. The molecule has 10 nitrogen and oxygen atoms in total. The first-order valence-corrected chi connectivity index (χ1v) is 15.1. The van der Waals surface area contributed by atoms with Crippen LogP contribution in [0, 0.1) is 0 Å². The largest absolute Gasteiger partial charge is 0.399 e. The molecule has 44 heavy (non-hydrogen) atoms. The smallest absolute Gasteiger partial charge is 0.261 e. The minimum absolute atomic E-state index is 0.253. The third-order valence-electron chi connectivity index (χ3n) is 9.08. The van der Waals surface area contributed by atoms with E-state index in [1.165, 1.54) is 9.80 Å². The van der Waals surface area contributed by atoms with Gasteiger partial charge in [0.2, 0.25) is 0 Å². The molecule has 3 aliphatic heterocycles. The monoisotopic (exact) mass is 590 g/mol. The van der Waals surface area contributed by atoms with Gasteiger partial charge >= 0.3 is 0 Å². The normalized spacial score (nSPS) is 17.4. The fourth-order valence-electron chi connectivity index (χ4n) is 6.91. The van der Waals surface area contributed by atoms with Gasteiger partial charge < -0.3 is 21.3 Å². The Morgan fingerprint density at radius 1 is 0.500 bits per heavy atom. The van der Waals surface area contributed by atoms with Crippen LogP contribution in [0.3, 0.4) is 0 Å². The van der Waals surface area contributed by atoms with E-state index >= 15 is 0 Å². The molecule has 4 N–H and O–H groups in total. The molecule has 4 amide bonds. The van der Waals surface area contributed by atoms with Gasteiger partial charge in [-0.15, -0.1) is 0 Å². The van der Waals surface area contributed by atoms with Crippen molar-refractivity contribution in [2.24, 2.45) is 0 Å². The van der Waals surface area contributed by atoms with Gasteiger partial charge in [-0.05, 0) is 73.1 Å². The van der Waals surface area contributed by atoms with Gasteiger partial charge in [-0.3, -0.25) is 29.0 Å². The zero-order chi connectivity index (χ0) is 30.5. The predicted molar refractivity (Wildman–Crippen MR) is 170 cm³/mol. The predicted octanol–water partition coefficient (Wildman–Crippen LogP) is 3.45. The van der Waals surface area contributed by atoms with Gasteiger partial charge in [-0.1, -0.05) is 24.3 Å². The van der Waals surface area contributed by atoms with E-state index in [2.05, 4.69) is 9.80 Å². The molecule has 4 aromatic carbocycles. The molecular formula is C34H34N6O4. The Hall–Kier alpha value is -4.80. The lowest BCUT2D eigenvalue weighted by Gasteiger charge is -2.35. The molecule has 1 saturated heterocycles. The summed E-state index contributed by atoms with van der Waals surface area (Å²) in [5.74, 6) is -1.08. The molecule has 0 aliphatic carbocycles. The van der Waals surface area contributed by atoms with E-state index in [9.17, 15) is 19.2 Å². The molecule has 0 unspecified atom stereocenters. The fourth-order valence-corrected chi connectivity index (χ4v) is 6.91. The Balaban J connectivity index is 0.893. The lowest BCUT2D eigenvalue weighted by Crippen LogP contribution is -2.48. The van der Waals surface area contributed by atoms with E-state index in [0.29, 0.717) is 70.3 Å². The Labute approximate surface area is 254 Å². The summed E-state index contributed by atoms with van der Waals surface area (Å²) in [6.45, 7) is 5.75. The molecule has 0 aromatic heterocycles. The summed E-state index contributed by atoms with van der Waals surface area (Å²) >= 11 is 0. The highest BCUT2D eigenvalue weighted by Crippen LogP contribution is 2.33. The number of nitrogens with two attached hydrogens (primary N) is 2. The highest BCUT2D eigenvalue weighted by atomic mass is 16.2. The first-order chi connectivity index (χ1) is 21.3. The number of imide groups is 2. The minimum atomic E-state index is -0.287. The SMILES string of the molecule is Nc1cc2c3c(cccc3c1)C(=O)N(CCCN1CCN(CCCN3C(=O)c4cccc5cc(N)cc(c45)C3=O)CC1)C2=O. The molecule has 3 heterocycles. The third kappa shape index (κ3) is 4.76. The highest BCUT2D eigenvalue weighted by molar-refractivity contribution is 6.27. The van der Waals surface area contributed by atoms with Gasteiger partial charge in [0.05, 0.1) is 11.1 Å². The summed E-state index contributed by atoms with van der Waals surface area (Å²) in [7, 11) is 0. The maximum Gasteiger partial charge on any atom is 0.261 e. The molecule has 3 aliphatic rings. The molecular weight excluding hydrogens is 556 g/mol. The number of amides is 4. The number of nitrogens with zero attached hydrogens (tertiary/aromatic N) is 4. The van der Waals surface area contributed by atoms with Crippen LogP contribution in [0.4, 0.5) is 11.4 Å². The highest BCUT2D eigenvalue weighted by Gasteiger charge is 2.34. The molecule has 0 atom stereocenters. The number of rotatable bonds is 8. The van der Waals surface area contributed by atoms with Crippen molar-refractivity contribution in [2.75, 3.05) is 63.8 Å². The first-order valence-electron chi connectivity index (χ1n) is 15.1. The zero-order valence-corrected chi connectivity index (χ0v) is 24.4. The van der Waals surface area contributed by atoms with Gasteiger partial charge in [0.1, 0.15) is 0 Å². The lowest BCUT2D eigenvalue weighted by atomic mass is 9.93. The number of nitrogen functional groups attached to an aromatic ring is 2. The Bertz CT molecular complexity index is 1730. The third-order valence-corrected chi connectivity index (χ3v) is 9.08. The molecule has 1 fully saturated rings. The summed E-state index contributed by atoms with van der Waals surface area (Å²) in [6, 6.07) is 17.9. The van der Waals surface area contributed by atoms with Crippen LogP contribution in [0.25, 0.3) is 21.5 Å². The summed E-state index contributed by atoms with van der Waals surface area (Å²) in [4.78, 5) is 60.3. The van der Waals surface area contributed by atoms with Crippen LogP contribution in [0.2, 0.25) is 0 Å². The fraction of sp³-hybridized carbons (Fsp3) is 0.294. The number of carbonyl (C=O) groups is 4. The van der Waals surface area contributed by atoms with Crippen molar-refractivity contribution in [3.8, 4) is 0 Å². The van der Waals surface area contributed by atoms with E-state index in [1.54, 1.807) is 36.4 Å². The number of anilines is 2. The molecule has 0 radical (unpaired) electrons. The van der Waals surface area contributed by atoms with Crippen molar-refractivity contribution in [2.45, 2.75) is 12.8 Å². The zero-order valence-electron chi connectivity index (χ0n) is 24.4. The van der Waals surface area contributed by atoms with Crippen LogP contribution in [0.5, 0.6) is 0 Å². The van der Waals surface area contributed by atoms with Gasteiger partial charge in [-0.25, -0.2) is 0 Å². The second-order valence-electron chi connectivity index (χ2n) is 11.9. The summed E-state index contributed by atoms with van der Waals surface area (Å²) in [5, 5.41) is 2.98. The minimum Gasteiger partial charge on any atom is -0.399 e. The van der Waals surface area contributed by atoms with E-state index in [0.717, 1.165) is 50.0 Å². The number of piperazine rings is 1. The van der Waals surface area contributed by atoms with Crippen LogP contribution >= 0.6 is 0 Å². The molecule has 0 saturated carbocycles. The second-order valence-corrected chi connectivity index (χ2v) is 11.9. The maximum absolute atomic E-state index is 13.2. The van der Waals surface area contributed by atoms with Crippen LogP contribution in [-0.4, -0.2) is 95.6 Å². The summed E-state index contributed by atoms with van der Waals surface area (Å²) in [5.41, 5.74) is 15.2. The van der Waals surface area contributed by atoms with E-state index in [4.69, 9.17) is 11.5 Å². The van der Waals surface area contributed by atoms with Gasteiger partial charge in [0.25, 0.3) is 23.6 Å². The number of hydrogen-bond donors (Lipinski definition) is 2. The maximum atomic E-state index is 13.2. The van der Waals surface area contributed by atoms with Crippen LogP contribution < -0.4 is 11.5 Å². The van der Waals surface area contributed by atoms with Crippen molar-refractivity contribution < 1.29 is 19.2 Å². The molecule has 0 spiro atoms. The van der Waals surface area contributed by atoms with Gasteiger partial charge in [-0.2, -0.15) is 0 Å². The number of benzene rings is 4. The van der Waals surface area contributed by atoms with Crippen molar-refractivity contribution in [1.82, 2.24) is 19.6 Å². The van der Waals surface area contributed by atoms with Crippen molar-refractivity contribution >= 4 is 56.5 Å². The van der Waals surface area contributed by atoms with Gasteiger partial charge in [0.15, 0.2) is 0 Å². The quantitative estimate of drug-likeness (QED) is 0.236. The van der Waals surface area contributed by atoms with E-state index in [-0.39, 0.29) is 23.6 Å². The molecule has 10 heteroatoms. The topological polar surface area (TPSA) is 133 Å². The number of hydrogen-bond acceptors (Lipinski definition) is 8. The lowest BCUT2D eigenvalue weighted by molar-refractivity contribution is 0.0573. The second kappa shape index (κ2) is 11.0. The average molecular weight is 591 g/mol. The van der Waals surface area contributed by atoms with E-state index in [1.807, 2.05) is 24.3 Å². The van der Waals surface area contributed by atoms with Crippen molar-refractivity contribution in [1.29, 1.82) is 0 Å². The molecule has 224 valence electrons. The van der Waals surface area contributed by atoms with Crippen LogP contribution in [0.1, 0.15) is 54.3 Å². The van der Waals surface area contributed by atoms with Gasteiger partial charge in [0, 0.05) is 72.5 Å². The Morgan fingerprint density at radius 2 is 0.886 bits per heavy atom. The molecule has 7 rings (SSSR count). The van der Waals surface area contributed by atoms with Crippen molar-refractivity contribution in [3.05, 3.63) is 82.9 Å². The summed E-state index contributed by atoms with van der Waals surface area (Å²) in [6.07, 6.45) is 1.37. The number of carbonyl (C=O) groups excluding carboxylic acids is 4. The molecule has 0 bridgehead atoms. The first kappa shape index (κ1) is 28.0.